The summed E-state index contributed by atoms with van der Waals surface area (Å²) in [6.45, 7) is 5.91. The van der Waals surface area contributed by atoms with Gasteiger partial charge in [0.2, 0.25) is 5.91 Å². The fourth-order valence-electron chi connectivity index (χ4n) is 1.56. The molecule has 0 aliphatic heterocycles. The van der Waals surface area contributed by atoms with Crippen molar-refractivity contribution in [2.24, 2.45) is 0 Å². The molecule has 1 aromatic heterocycles. The first-order valence-electron chi connectivity index (χ1n) is 5.65. The first kappa shape index (κ1) is 12.5. The molecule has 1 amide bonds. The number of nitrogens with one attached hydrogen (secondary N) is 1. The van der Waals surface area contributed by atoms with E-state index in [1.54, 1.807) is 23.9 Å². The predicted molar refractivity (Wildman–Crippen MR) is 63.9 cm³/mol. The van der Waals surface area contributed by atoms with Crippen molar-refractivity contribution in [1.29, 1.82) is 0 Å². The van der Waals surface area contributed by atoms with E-state index in [9.17, 15) is 4.79 Å². The van der Waals surface area contributed by atoms with E-state index in [0.29, 0.717) is 5.82 Å². The van der Waals surface area contributed by atoms with E-state index in [2.05, 4.69) is 17.3 Å². The van der Waals surface area contributed by atoms with Crippen LogP contribution in [0.15, 0.2) is 12.3 Å². The van der Waals surface area contributed by atoms with Crippen LogP contribution in [-0.4, -0.2) is 21.7 Å². The number of carbonyl (C=O) groups is 1. The van der Waals surface area contributed by atoms with Crippen molar-refractivity contribution in [3.05, 3.63) is 12.3 Å². The van der Waals surface area contributed by atoms with Crippen molar-refractivity contribution in [2.75, 3.05) is 5.73 Å². The minimum atomic E-state index is -0.323. The second kappa shape index (κ2) is 5.53. The molecule has 2 atom stereocenters. The molecule has 0 radical (unpaired) electrons. The van der Waals surface area contributed by atoms with Crippen LogP contribution in [0.3, 0.4) is 0 Å². The zero-order valence-corrected chi connectivity index (χ0v) is 10.1. The number of carbonyl (C=O) groups excluding carboxylic acids is 1. The lowest BCUT2D eigenvalue weighted by atomic mass is 10.2. The molecule has 3 N–H and O–H groups in total. The number of aromatic nitrogens is 2. The highest BCUT2D eigenvalue weighted by molar-refractivity contribution is 5.80. The average Bonchev–Trinajstić information content (AvgIpc) is 2.64. The summed E-state index contributed by atoms with van der Waals surface area (Å²) in [6.07, 6.45) is 3.76. The Morgan fingerprint density at radius 3 is 2.81 bits per heavy atom. The van der Waals surface area contributed by atoms with Crippen LogP contribution in [0.4, 0.5) is 5.82 Å². The summed E-state index contributed by atoms with van der Waals surface area (Å²) in [7, 11) is 0. The monoisotopic (exact) mass is 224 g/mol. The first-order valence-corrected chi connectivity index (χ1v) is 5.65. The van der Waals surface area contributed by atoms with Crippen molar-refractivity contribution in [2.45, 2.75) is 45.7 Å². The zero-order valence-electron chi connectivity index (χ0n) is 10.1. The van der Waals surface area contributed by atoms with Gasteiger partial charge < -0.3 is 11.1 Å². The number of anilines is 1. The molecule has 0 saturated carbocycles. The van der Waals surface area contributed by atoms with Gasteiger partial charge in [-0.2, -0.15) is 5.10 Å². The minimum absolute atomic E-state index is 0.0240. The van der Waals surface area contributed by atoms with Crippen molar-refractivity contribution >= 4 is 11.7 Å². The number of rotatable bonds is 5. The van der Waals surface area contributed by atoms with Gasteiger partial charge in [-0.25, -0.2) is 0 Å². The molecule has 5 heteroatoms. The SMILES string of the molecule is CCCC(C)NC(=O)C(C)n1ccc(N)n1. The maximum absolute atomic E-state index is 11.8. The Bertz CT molecular complexity index is 348. The fraction of sp³-hybridized carbons (Fsp3) is 0.636. The molecule has 0 bridgehead atoms. The average molecular weight is 224 g/mol. The molecule has 2 unspecified atom stereocenters. The Morgan fingerprint density at radius 2 is 2.31 bits per heavy atom. The topological polar surface area (TPSA) is 72.9 Å². The van der Waals surface area contributed by atoms with Gasteiger partial charge in [-0.1, -0.05) is 13.3 Å². The van der Waals surface area contributed by atoms with Crippen LogP contribution in [0.1, 0.15) is 39.7 Å². The van der Waals surface area contributed by atoms with Gasteiger partial charge in [0.05, 0.1) is 0 Å². The molecule has 90 valence electrons. The van der Waals surface area contributed by atoms with Crippen LogP contribution in [0.5, 0.6) is 0 Å². The summed E-state index contributed by atoms with van der Waals surface area (Å²) in [5, 5.41) is 6.97. The number of amides is 1. The summed E-state index contributed by atoms with van der Waals surface area (Å²) in [5.41, 5.74) is 5.50. The Morgan fingerprint density at radius 1 is 1.62 bits per heavy atom. The quantitative estimate of drug-likeness (QED) is 0.792. The number of nitrogens with two attached hydrogens (primary N) is 1. The molecule has 0 saturated heterocycles. The third-order valence-corrected chi connectivity index (χ3v) is 2.52. The minimum Gasteiger partial charge on any atom is -0.382 e. The summed E-state index contributed by atoms with van der Waals surface area (Å²) in [5.74, 6) is 0.408. The highest BCUT2D eigenvalue weighted by Gasteiger charge is 2.17. The first-order chi connectivity index (χ1) is 7.54. The molecule has 0 aliphatic rings. The molecule has 0 fully saturated rings. The van der Waals surface area contributed by atoms with Crippen LogP contribution in [0.25, 0.3) is 0 Å². The molecule has 1 rings (SSSR count). The third-order valence-electron chi connectivity index (χ3n) is 2.52. The fourth-order valence-corrected chi connectivity index (χ4v) is 1.56. The Balaban J connectivity index is 2.54. The molecule has 16 heavy (non-hydrogen) atoms. The van der Waals surface area contributed by atoms with Gasteiger partial charge in [0, 0.05) is 12.2 Å². The maximum Gasteiger partial charge on any atom is 0.244 e. The molecule has 0 aliphatic carbocycles. The second-order valence-electron chi connectivity index (χ2n) is 4.09. The van der Waals surface area contributed by atoms with E-state index >= 15 is 0 Å². The molecular formula is C11H20N4O. The van der Waals surface area contributed by atoms with E-state index in [1.165, 1.54) is 0 Å². The van der Waals surface area contributed by atoms with Gasteiger partial charge in [0.25, 0.3) is 0 Å². The number of nitrogens with zero attached hydrogens (tertiary/aromatic N) is 2. The molecular weight excluding hydrogens is 204 g/mol. The van der Waals surface area contributed by atoms with Gasteiger partial charge in [0.15, 0.2) is 0 Å². The normalized spacial score (nSPS) is 14.4. The Hall–Kier alpha value is -1.52. The van der Waals surface area contributed by atoms with Crippen molar-refractivity contribution in [3.63, 3.8) is 0 Å². The van der Waals surface area contributed by atoms with Crippen LogP contribution in [0, 0.1) is 0 Å². The lowest BCUT2D eigenvalue weighted by molar-refractivity contribution is -0.124. The zero-order chi connectivity index (χ0) is 12.1. The molecule has 1 heterocycles. The van der Waals surface area contributed by atoms with Gasteiger partial charge in [0.1, 0.15) is 11.9 Å². The van der Waals surface area contributed by atoms with Crippen molar-refractivity contribution < 1.29 is 4.79 Å². The Labute approximate surface area is 96.0 Å². The lowest BCUT2D eigenvalue weighted by Gasteiger charge is -2.17. The summed E-state index contributed by atoms with van der Waals surface area (Å²) in [6, 6.07) is 1.56. The van der Waals surface area contributed by atoms with E-state index in [-0.39, 0.29) is 18.0 Å². The third kappa shape index (κ3) is 3.25. The highest BCUT2D eigenvalue weighted by Crippen LogP contribution is 2.07. The van der Waals surface area contributed by atoms with Crippen LogP contribution in [-0.2, 0) is 4.79 Å². The number of hydrogen-bond acceptors (Lipinski definition) is 3. The standard InChI is InChI=1S/C11H20N4O/c1-4-5-8(2)13-11(16)9(3)15-7-6-10(12)14-15/h6-9H,4-5H2,1-3H3,(H2,12,14)(H,13,16). The lowest BCUT2D eigenvalue weighted by Crippen LogP contribution is -2.37. The largest absolute Gasteiger partial charge is 0.382 e. The van der Waals surface area contributed by atoms with E-state index in [4.69, 9.17) is 5.73 Å². The molecule has 0 aromatic carbocycles. The number of hydrogen-bond donors (Lipinski definition) is 2. The van der Waals surface area contributed by atoms with Crippen LogP contribution in [0.2, 0.25) is 0 Å². The molecule has 1 aromatic rings. The number of nitrogen functional groups attached to an aromatic ring is 1. The molecule has 0 spiro atoms. The van der Waals surface area contributed by atoms with Crippen molar-refractivity contribution in [1.82, 2.24) is 15.1 Å². The van der Waals surface area contributed by atoms with Crippen LogP contribution >= 0.6 is 0 Å². The summed E-state index contributed by atoms with van der Waals surface area (Å²) < 4.78 is 1.57. The van der Waals surface area contributed by atoms with Crippen molar-refractivity contribution in [3.8, 4) is 0 Å². The second-order valence-corrected chi connectivity index (χ2v) is 4.09. The van der Waals surface area contributed by atoms with Gasteiger partial charge in [-0.15, -0.1) is 0 Å². The summed E-state index contributed by atoms with van der Waals surface area (Å²) >= 11 is 0. The van der Waals surface area contributed by atoms with E-state index in [0.717, 1.165) is 12.8 Å². The summed E-state index contributed by atoms with van der Waals surface area (Å²) in [4.78, 5) is 11.8. The molecule has 5 nitrogen and oxygen atoms in total. The van der Waals surface area contributed by atoms with Gasteiger partial charge >= 0.3 is 0 Å². The van der Waals surface area contributed by atoms with Crippen LogP contribution < -0.4 is 11.1 Å². The predicted octanol–water partition coefficient (Wildman–Crippen LogP) is 1.33. The van der Waals surface area contributed by atoms with Gasteiger partial charge in [-0.3, -0.25) is 9.48 Å². The maximum atomic E-state index is 11.8. The highest BCUT2D eigenvalue weighted by atomic mass is 16.2. The van der Waals surface area contributed by atoms with E-state index < -0.39 is 0 Å². The Kier molecular flexibility index (Phi) is 4.34. The smallest absolute Gasteiger partial charge is 0.244 e. The van der Waals surface area contributed by atoms with E-state index in [1.807, 2.05) is 6.92 Å². The van der Waals surface area contributed by atoms with Gasteiger partial charge in [-0.05, 0) is 26.3 Å².